The van der Waals surface area contributed by atoms with E-state index in [0.717, 1.165) is 9.79 Å². The molecule has 0 aliphatic heterocycles. The SMILES string of the molecule is COC(=O)c1ccccc1SSc1ccc([N+](=O)[O-])cc1. The van der Waals surface area contributed by atoms with Gasteiger partial charge in [-0.3, -0.25) is 10.1 Å². The van der Waals surface area contributed by atoms with Gasteiger partial charge in [0.25, 0.3) is 5.69 Å². The number of nitro groups is 1. The lowest BCUT2D eigenvalue weighted by molar-refractivity contribution is -0.384. The quantitative estimate of drug-likeness (QED) is 0.356. The molecular formula is C14H11NO4S2. The Labute approximate surface area is 129 Å². The Bertz CT molecular complexity index is 658. The van der Waals surface area contributed by atoms with Crippen molar-refractivity contribution < 1.29 is 14.5 Å². The van der Waals surface area contributed by atoms with E-state index in [2.05, 4.69) is 0 Å². The molecule has 0 atom stereocenters. The molecule has 2 rings (SSSR count). The first-order valence-corrected chi connectivity index (χ1v) is 8.03. The summed E-state index contributed by atoms with van der Waals surface area (Å²) in [5.41, 5.74) is 0.554. The number of non-ortho nitro benzene ring substituents is 1. The average Bonchev–Trinajstić information content (AvgIpc) is 2.52. The maximum absolute atomic E-state index is 11.6. The fraction of sp³-hybridized carbons (Fsp3) is 0.0714. The summed E-state index contributed by atoms with van der Waals surface area (Å²) in [4.78, 5) is 23.4. The number of benzene rings is 2. The van der Waals surface area contributed by atoms with Crippen LogP contribution in [0, 0.1) is 10.1 Å². The molecule has 0 heterocycles. The summed E-state index contributed by atoms with van der Waals surface area (Å²) in [7, 11) is 4.17. The molecule has 0 aliphatic rings. The fourth-order valence-corrected chi connectivity index (χ4v) is 3.67. The summed E-state index contributed by atoms with van der Waals surface area (Å²) in [6, 6.07) is 13.4. The minimum absolute atomic E-state index is 0.0549. The van der Waals surface area contributed by atoms with E-state index in [9.17, 15) is 14.9 Å². The lowest BCUT2D eigenvalue weighted by atomic mass is 10.2. The Hall–Kier alpha value is -1.99. The van der Waals surface area contributed by atoms with Gasteiger partial charge < -0.3 is 4.74 Å². The van der Waals surface area contributed by atoms with E-state index in [1.54, 1.807) is 24.3 Å². The van der Waals surface area contributed by atoms with Crippen molar-refractivity contribution in [2.45, 2.75) is 9.79 Å². The van der Waals surface area contributed by atoms with Crippen LogP contribution in [0.4, 0.5) is 5.69 Å². The summed E-state index contributed by atoms with van der Waals surface area (Å²) in [5.74, 6) is -0.387. The predicted molar refractivity (Wildman–Crippen MR) is 82.6 cm³/mol. The molecule has 0 spiro atoms. The highest BCUT2D eigenvalue weighted by atomic mass is 33.1. The molecule has 0 saturated carbocycles. The van der Waals surface area contributed by atoms with Gasteiger partial charge in [-0.05, 0) is 24.3 Å². The van der Waals surface area contributed by atoms with Crippen molar-refractivity contribution >= 4 is 33.2 Å². The number of carbonyl (C=O) groups excluding carboxylic acids is 1. The van der Waals surface area contributed by atoms with Crippen molar-refractivity contribution in [3.63, 3.8) is 0 Å². The second-order valence-corrected chi connectivity index (χ2v) is 6.15. The number of ether oxygens (including phenoxy) is 1. The van der Waals surface area contributed by atoms with Crippen molar-refractivity contribution in [1.29, 1.82) is 0 Å². The van der Waals surface area contributed by atoms with Crippen molar-refractivity contribution in [3.05, 3.63) is 64.2 Å². The molecule has 0 aromatic heterocycles. The third kappa shape index (κ3) is 3.99. The van der Waals surface area contributed by atoms with Crippen LogP contribution in [0.15, 0.2) is 58.3 Å². The van der Waals surface area contributed by atoms with Gasteiger partial charge in [0.2, 0.25) is 0 Å². The first-order valence-electron chi connectivity index (χ1n) is 5.88. The minimum atomic E-state index is -0.436. The lowest BCUT2D eigenvalue weighted by Gasteiger charge is -2.06. The summed E-state index contributed by atoms with van der Waals surface area (Å²) in [6.07, 6.45) is 0. The van der Waals surface area contributed by atoms with Gasteiger partial charge in [0.1, 0.15) is 0 Å². The molecule has 2 aromatic rings. The minimum Gasteiger partial charge on any atom is -0.465 e. The first kappa shape index (κ1) is 15.4. The highest BCUT2D eigenvalue weighted by Crippen LogP contribution is 2.39. The van der Waals surface area contributed by atoms with Crippen molar-refractivity contribution in [2.24, 2.45) is 0 Å². The Morgan fingerprint density at radius 3 is 2.38 bits per heavy atom. The number of nitro benzene ring substituents is 1. The zero-order chi connectivity index (χ0) is 15.2. The van der Waals surface area contributed by atoms with Gasteiger partial charge in [0, 0.05) is 21.9 Å². The second kappa shape index (κ2) is 7.14. The van der Waals surface area contributed by atoms with Crippen LogP contribution in [0.3, 0.4) is 0 Å². The lowest BCUT2D eigenvalue weighted by Crippen LogP contribution is -2.02. The number of esters is 1. The zero-order valence-electron chi connectivity index (χ0n) is 11.0. The monoisotopic (exact) mass is 321 g/mol. The van der Waals surface area contributed by atoms with Crippen LogP contribution in [0.1, 0.15) is 10.4 Å². The van der Waals surface area contributed by atoms with E-state index in [1.165, 1.54) is 40.8 Å². The molecule has 7 heteroatoms. The largest absolute Gasteiger partial charge is 0.465 e. The smallest absolute Gasteiger partial charge is 0.339 e. The topological polar surface area (TPSA) is 69.4 Å². The molecule has 0 bridgehead atoms. The van der Waals surface area contributed by atoms with Gasteiger partial charge in [-0.1, -0.05) is 33.7 Å². The molecule has 0 fully saturated rings. The van der Waals surface area contributed by atoms with Gasteiger partial charge in [0.15, 0.2) is 0 Å². The number of carbonyl (C=O) groups is 1. The van der Waals surface area contributed by atoms with E-state index >= 15 is 0 Å². The number of nitrogens with zero attached hydrogens (tertiary/aromatic N) is 1. The van der Waals surface area contributed by atoms with Crippen LogP contribution in [0.25, 0.3) is 0 Å². The Morgan fingerprint density at radius 1 is 1.10 bits per heavy atom. The maximum atomic E-state index is 11.6. The van der Waals surface area contributed by atoms with Crippen LogP contribution < -0.4 is 0 Å². The van der Waals surface area contributed by atoms with Gasteiger partial charge in [-0.2, -0.15) is 0 Å². The fourth-order valence-electron chi connectivity index (χ4n) is 1.53. The molecule has 0 amide bonds. The molecule has 0 radical (unpaired) electrons. The molecule has 0 unspecified atom stereocenters. The molecule has 0 N–H and O–H groups in total. The highest BCUT2D eigenvalue weighted by Gasteiger charge is 2.12. The van der Waals surface area contributed by atoms with E-state index in [1.807, 2.05) is 12.1 Å². The van der Waals surface area contributed by atoms with Crippen molar-refractivity contribution in [1.82, 2.24) is 0 Å². The molecule has 21 heavy (non-hydrogen) atoms. The van der Waals surface area contributed by atoms with Crippen LogP contribution >= 0.6 is 21.6 Å². The van der Waals surface area contributed by atoms with E-state index in [4.69, 9.17) is 4.74 Å². The van der Waals surface area contributed by atoms with Crippen molar-refractivity contribution in [2.75, 3.05) is 7.11 Å². The summed E-state index contributed by atoms with van der Waals surface area (Å²) < 4.78 is 4.73. The summed E-state index contributed by atoms with van der Waals surface area (Å²) in [6.45, 7) is 0. The van der Waals surface area contributed by atoms with Crippen LogP contribution in [-0.4, -0.2) is 18.0 Å². The average molecular weight is 321 g/mol. The van der Waals surface area contributed by atoms with E-state index in [-0.39, 0.29) is 11.7 Å². The highest BCUT2D eigenvalue weighted by molar-refractivity contribution is 8.76. The van der Waals surface area contributed by atoms with E-state index < -0.39 is 4.92 Å². The third-order valence-electron chi connectivity index (χ3n) is 2.57. The van der Waals surface area contributed by atoms with E-state index in [0.29, 0.717) is 5.56 Å². The van der Waals surface area contributed by atoms with Crippen LogP contribution in [0.5, 0.6) is 0 Å². The normalized spacial score (nSPS) is 10.1. The molecule has 2 aromatic carbocycles. The van der Waals surface area contributed by atoms with Gasteiger partial charge in [-0.25, -0.2) is 4.79 Å². The Balaban J connectivity index is 2.09. The van der Waals surface area contributed by atoms with Gasteiger partial charge >= 0.3 is 5.97 Å². The molecule has 0 aliphatic carbocycles. The number of methoxy groups -OCH3 is 1. The molecule has 5 nitrogen and oxygen atoms in total. The van der Waals surface area contributed by atoms with Crippen molar-refractivity contribution in [3.8, 4) is 0 Å². The Morgan fingerprint density at radius 2 is 1.76 bits per heavy atom. The summed E-state index contributed by atoms with van der Waals surface area (Å²) >= 11 is 0. The summed E-state index contributed by atoms with van der Waals surface area (Å²) in [5, 5.41) is 10.6. The number of hydrogen-bond donors (Lipinski definition) is 0. The van der Waals surface area contributed by atoms with Crippen LogP contribution in [0.2, 0.25) is 0 Å². The second-order valence-electron chi connectivity index (χ2n) is 3.91. The maximum Gasteiger partial charge on any atom is 0.339 e. The third-order valence-corrected chi connectivity index (χ3v) is 5.02. The first-order chi connectivity index (χ1) is 10.1. The zero-order valence-corrected chi connectivity index (χ0v) is 12.6. The molecular weight excluding hydrogens is 310 g/mol. The van der Waals surface area contributed by atoms with Gasteiger partial charge in [0.05, 0.1) is 17.6 Å². The predicted octanol–water partition coefficient (Wildman–Crippen LogP) is 4.18. The molecule has 108 valence electrons. The number of hydrogen-bond acceptors (Lipinski definition) is 6. The standard InChI is InChI=1S/C14H11NO4S2/c1-19-14(16)12-4-2-3-5-13(12)21-20-11-8-6-10(7-9-11)15(17)18/h2-9H,1H3. The Kier molecular flexibility index (Phi) is 5.24. The molecule has 0 saturated heterocycles. The van der Waals surface area contributed by atoms with Crippen LogP contribution in [-0.2, 0) is 4.74 Å². The van der Waals surface area contributed by atoms with Gasteiger partial charge in [-0.15, -0.1) is 0 Å². The number of rotatable bonds is 5.